The maximum Gasteiger partial charge on any atom is 0.209 e. The molecule has 0 radical (unpaired) electrons. The van der Waals surface area contributed by atoms with E-state index in [0.29, 0.717) is 47.1 Å². The van der Waals surface area contributed by atoms with Gasteiger partial charge < -0.3 is 20.0 Å². The van der Waals surface area contributed by atoms with E-state index in [0.717, 1.165) is 30.4 Å². The first kappa shape index (κ1) is 32.3. The van der Waals surface area contributed by atoms with Crippen molar-refractivity contribution in [2.45, 2.75) is 46.7 Å². The first-order valence-corrected chi connectivity index (χ1v) is 13.5. The minimum Gasteiger partial charge on any atom is -0.364 e. The number of benzene rings is 2. The molecule has 0 spiro atoms. The van der Waals surface area contributed by atoms with Crippen LogP contribution in [0.5, 0.6) is 0 Å². The van der Waals surface area contributed by atoms with E-state index in [1.165, 1.54) is 6.07 Å². The van der Waals surface area contributed by atoms with Crippen molar-refractivity contribution in [1.82, 2.24) is 24.8 Å². The van der Waals surface area contributed by atoms with Crippen LogP contribution in [0.1, 0.15) is 50.6 Å². The molecule has 0 saturated heterocycles. The lowest BCUT2D eigenvalue weighted by molar-refractivity contribution is -0.111. The van der Waals surface area contributed by atoms with E-state index in [2.05, 4.69) is 37.4 Å². The number of aromatic nitrogens is 4. The van der Waals surface area contributed by atoms with Crippen LogP contribution in [-0.2, 0) is 17.9 Å². The number of nitrogens with one attached hydrogen (secondary N) is 2. The summed E-state index contributed by atoms with van der Waals surface area (Å²) in [4.78, 5) is 24.8. The first-order valence-electron chi connectivity index (χ1n) is 13.1. The Bertz CT molecular complexity index is 1450. The van der Waals surface area contributed by atoms with Gasteiger partial charge in [-0.15, -0.1) is 0 Å². The van der Waals surface area contributed by atoms with Crippen LogP contribution < -0.4 is 10.6 Å². The van der Waals surface area contributed by atoms with Crippen LogP contribution in [0, 0.1) is 29.4 Å². The van der Waals surface area contributed by atoms with Gasteiger partial charge in [0.25, 0.3) is 0 Å². The number of carbonyl (C=O) groups excluding carboxylic acids is 1. The minimum atomic E-state index is -0.976. The summed E-state index contributed by atoms with van der Waals surface area (Å²) >= 11 is 6.09. The van der Waals surface area contributed by atoms with Gasteiger partial charge in [-0.2, -0.15) is 0 Å². The van der Waals surface area contributed by atoms with Gasteiger partial charge in [0.1, 0.15) is 6.29 Å². The highest BCUT2D eigenvalue weighted by Crippen LogP contribution is 2.21. The summed E-state index contributed by atoms with van der Waals surface area (Å²) in [5.41, 5.74) is 2.37. The zero-order valence-electron chi connectivity index (χ0n) is 23.4. The van der Waals surface area contributed by atoms with E-state index in [1.54, 1.807) is 12.4 Å². The number of aryl methyl sites for hydroxylation is 1. The van der Waals surface area contributed by atoms with E-state index in [9.17, 15) is 13.6 Å². The molecule has 0 bridgehead atoms. The largest absolute Gasteiger partial charge is 0.364 e. The fourth-order valence-electron chi connectivity index (χ4n) is 3.50. The molecular formula is C30H35ClF2N6O. The van der Waals surface area contributed by atoms with E-state index in [1.807, 2.05) is 57.6 Å². The predicted octanol–water partition coefficient (Wildman–Crippen LogP) is 6.25. The number of carbonyl (C=O) groups is 1. The third-order valence-corrected chi connectivity index (χ3v) is 5.74. The van der Waals surface area contributed by atoms with Gasteiger partial charge in [0.2, 0.25) is 5.82 Å². The standard InChI is InChI=1S/C26H22ClF2N5O.C2H7N.C2H6/c1-2-17(15-35)10-11-34-16-31-24-25(30-14-19-4-3-5-20(27)12-19)32-23(33-26(24)34)9-7-18-6-8-21(28)22(29)13-18;1-3-2;1-2/h3-6,8,12-13,15-17H,2,10-11,14H2,1H3,(H,30,32,33);3H,1-2H3;1-2H3. The molecule has 2 aromatic carbocycles. The fraction of sp³-hybridized carbons (Fsp3) is 0.333. The second-order valence-corrected chi connectivity index (χ2v) is 8.90. The maximum atomic E-state index is 13.6. The van der Waals surface area contributed by atoms with Crippen molar-refractivity contribution in [2.75, 3.05) is 19.4 Å². The Labute approximate surface area is 239 Å². The molecule has 7 nitrogen and oxygen atoms in total. The van der Waals surface area contributed by atoms with Crippen molar-refractivity contribution < 1.29 is 13.6 Å². The molecule has 2 N–H and O–H groups in total. The smallest absolute Gasteiger partial charge is 0.209 e. The number of fused-ring (bicyclic) bond motifs is 1. The van der Waals surface area contributed by atoms with Gasteiger partial charge >= 0.3 is 0 Å². The van der Waals surface area contributed by atoms with E-state index in [-0.39, 0.29) is 11.7 Å². The van der Waals surface area contributed by atoms with Crippen molar-refractivity contribution in [2.24, 2.45) is 5.92 Å². The summed E-state index contributed by atoms with van der Waals surface area (Å²) in [6.07, 6.45) is 4.03. The zero-order valence-corrected chi connectivity index (χ0v) is 24.2. The zero-order chi connectivity index (χ0) is 29.5. The summed E-state index contributed by atoms with van der Waals surface area (Å²) in [7, 11) is 3.75. The summed E-state index contributed by atoms with van der Waals surface area (Å²) in [5.74, 6) is 4.31. The van der Waals surface area contributed by atoms with Gasteiger partial charge in [-0.05, 0) is 68.8 Å². The second-order valence-electron chi connectivity index (χ2n) is 8.46. The highest BCUT2D eigenvalue weighted by molar-refractivity contribution is 6.30. The van der Waals surface area contributed by atoms with Crippen molar-refractivity contribution in [3.63, 3.8) is 0 Å². The Morgan fingerprint density at radius 3 is 2.48 bits per heavy atom. The molecule has 2 aromatic heterocycles. The van der Waals surface area contributed by atoms with Gasteiger partial charge in [-0.3, -0.25) is 0 Å². The van der Waals surface area contributed by atoms with Crippen LogP contribution in [-0.4, -0.2) is 39.9 Å². The van der Waals surface area contributed by atoms with Crippen LogP contribution in [0.15, 0.2) is 48.8 Å². The fourth-order valence-corrected chi connectivity index (χ4v) is 3.71. The Morgan fingerprint density at radius 2 is 1.82 bits per heavy atom. The molecule has 4 rings (SSSR count). The predicted molar refractivity (Wildman–Crippen MR) is 157 cm³/mol. The van der Waals surface area contributed by atoms with Crippen LogP contribution in [0.4, 0.5) is 14.6 Å². The second kappa shape index (κ2) is 17.0. The number of rotatable bonds is 8. The number of hydrogen-bond donors (Lipinski definition) is 2. The Kier molecular flexibility index (Phi) is 13.7. The van der Waals surface area contributed by atoms with Gasteiger partial charge in [0, 0.05) is 29.6 Å². The average molecular weight is 569 g/mol. The molecule has 0 aliphatic carbocycles. The van der Waals surface area contributed by atoms with Crippen molar-refractivity contribution in [3.8, 4) is 11.8 Å². The molecule has 2 heterocycles. The number of halogens is 3. The van der Waals surface area contributed by atoms with E-state index in [4.69, 9.17) is 11.6 Å². The normalized spacial score (nSPS) is 10.8. The van der Waals surface area contributed by atoms with Gasteiger partial charge in [0.15, 0.2) is 28.6 Å². The van der Waals surface area contributed by atoms with Gasteiger partial charge in [-0.1, -0.05) is 50.4 Å². The minimum absolute atomic E-state index is 0.0534. The van der Waals surface area contributed by atoms with Gasteiger partial charge in [-0.25, -0.2) is 23.7 Å². The summed E-state index contributed by atoms with van der Waals surface area (Å²) < 4.78 is 28.6. The molecule has 0 amide bonds. The molecular weight excluding hydrogens is 534 g/mol. The molecule has 4 aromatic rings. The van der Waals surface area contributed by atoms with Crippen molar-refractivity contribution in [1.29, 1.82) is 0 Å². The van der Waals surface area contributed by atoms with Crippen molar-refractivity contribution in [3.05, 3.63) is 82.4 Å². The third-order valence-electron chi connectivity index (χ3n) is 5.51. The number of hydrogen-bond acceptors (Lipinski definition) is 6. The number of imidazole rings is 1. The van der Waals surface area contributed by atoms with E-state index >= 15 is 0 Å². The molecule has 212 valence electrons. The Morgan fingerprint density at radius 1 is 1.07 bits per heavy atom. The van der Waals surface area contributed by atoms with Crippen LogP contribution in [0.2, 0.25) is 5.02 Å². The number of anilines is 1. The number of nitrogens with zero attached hydrogens (tertiary/aromatic N) is 4. The SMILES string of the molecule is CC.CCC(C=O)CCn1cnc2c(NCc3cccc(Cl)c3)nc(C#Cc3ccc(F)c(F)c3)nc21.CNC. The molecule has 0 fully saturated rings. The lowest BCUT2D eigenvalue weighted by Gasteiger charge is -2.10. The first-order chi connectivity index (χ1) is 19.4. The third kappa shape index (κ3) is 9.40. The maximum absolute atomic E-state index is 13.6. The van der Waals surface area contributed by atoms with Crippen LogP contribution >= 0.6 is 11.6 Å². The Hall–Kier alpha value is -3.87. The Balaban J connectivity index is 0.00000105. The molecule has 40 heavy (non-hydrogen) atoms. The average Bonchev–Trinajstić information content (AvgIpc) is 3.37. The molecule has 1 atom stereocenters. The van der Waals surface area contributed by atoms with Crippen LogP contribution in [0.3, 0.4) is 0 Å². The van der Waals surface area contributed by atoms with Crippen molar-refractivity contribution >= 4 is 34.9 Å². The topological polar surface area (TPSA) is 84.7 Å². The lowest BCUT2D eigenvalue weighted by Crippen LogP contribution is -2.08. The quantitative estimate of drug-likeness (QED) is 0.193. The summed E-state index contributed by atoms with van der Waals surface area (Å²) in [6.45, 7) is 6.96. The molecule has 0 aliphatic heterocycles. The summed E-state index contributed by atoms with van der Waals surface area (Å²) in [5, 5.41) is 6.64. The van der Waals surface area contributed by atoms with Gasteiger partial charge in [0.05, 0.1) is 6.33 Å². The summed E-state index contributed by atoms with van der Waals surface area (Å²) in [6, 6.07) is 10.9. The van der Waals surface area contributed by atoms with Crippen LogP contribution in [0.25, 0.3) is 11.2 Å². The van der Waals surface area contributed by atoms with E-state index < -0.39 is 11.6 Å². The molecule has 0 saturated carbocycles. The molecule has 0 aliphatic rings. The number of aldehydes is 1. The highest BCUT2D eigenvalue weighted by Gasteiger charge is 2.14. The molecule has 10 heteroatoms. The monoisotopic (exact) mass is 568 g/mol. The molecule has 1 unspecified atom stereocenters. The highest BCUT2D eigenvalue weighted by atomic mass is 35.5. The lowest BCUT2D eigenvalue weighted by atomic mass is 10.1.